The molecule has 0 amide bonds. The van der Waals surface area contributed by atoms with E-state index < -0.39 is 0 Å². The zero-order valence-corrected chi connectivity index (χ0v) is 12.1. The molecular formula is C12H15IN2S. The van der Waals surface area contributed by atoms with Crippen molar-refractivity contribution in [1.82, 2.24) is 9.21 Å². The van der Waals surface area contributed by atoms with Gasteiger partial charge in [-0.2, -0.15) is 0 Å². The van der Waals surface area contributed by atoms with Crippen LogP contribution in [-0.2, 0) is 6.54 Å². The highest BCUT2D eigenvalue weighted by molar-refractivity contribution is 14.2. The minimum atomic E-state index is 0.646. The van der Waals surface area contributed by atoms with E-state index in [1.807, 2.05) is 9.12 Å². The van der Waals surface area contributed by atoms with Crippen LogP contribution in [0.5, 0.6) is 0 Å². The number of benzene rings is 1. The number of hydrogen-bond donors (Lipinski definition) is 0. The molecule has 2 aliphatic rings. The highest BCUT2D eigenvalue weighted by Gasteiger charge is 2.51. The minimum Gasteiger partial charge on any atom is -0.298 e. The van der Waals surface area contributed by atoms with Gasteiger partial charge in [-0.05, 0) is 14.7 Å². The number of rotatable bonds is 3. The maximum absolute atomic E-state index is 2.56. The molecule has 2 nitrogen and oxygen atoms in total. The summed E-state index contributed by atoms with van der Waals surface area (Å²) in [5.41, 5.74) is 2.09. The van der Waals surface area contributed by atoms with Gasteiger partial charge in [0.05, 0.1) is 0 Å². The van der Waals surface area contributed by atoms with Crippen molar-refractivity contribution in [3.05, 3.63) is 35.9 Å². The Labute approximate surface area is 113 Å². The van der Waals surface area contributed by atoms with Gasteiger partial charge in [-0.3, -0.25) is 4.90 Å². The van der Waals surface area contributed by atoms with E-state index in [4.69, 9.17) is 0 Å². The van der Waals surface area contributed by atoms with E-state index in [9.17, 15) is 0 Å². The van der Waals surface area contributed by atoms with E-state index in [0.29, 0.717) is 5.41 Å². The third kappa shape index (κ3) is 2.12. The first-order valence-electron chi connectivity index (χ1n) is 5.60. The Morgan fingerprint density at radius 2 is 1.81 bits per heavy atom. The van der Waals surface area contributed by atoms with Crippen LogP contribution in [0.4, 0.5) is 0 Å². The maximum Gasteiger partial charge on any atom is 0.0234 e. The lowest BCUT2D eigenvalue weighted by Gasteiger charge is -2.59. The SMILES string of the molecule is ISN1CC2(CN(Cc3ccccc3)C2)C1. The van der Waals surface area contributed by atoms with E-state index in [1.54, 1.807) is 0 Å². The van der Waals surface area contributed by atoms with Crippen LogP contribution < -0.4 is 0 Å². The quantitative estimate of drug-likeness (QED) is 0.614. The van der Waals surface area contributed by atoms with Gasteiger partial charge < -0.3 is 0 Å². The lowest BCUT2D eigenvalue weighted by Crippen LogP contribution is -2.69. The van der Waals surface area contributed by atoms with Crippen LogP contribution in [0.15, 0.2) is 30.3 Å². The highest BCUT2D eigenvalue weighted by Crippen LogP contribution is 2.44. The molecule has 0 aliphatic carbocycles. The van der Waals surface area contributed by atoms with Gasteiger partial charge in [-0.1, -0.05) is 30.3 Å². The average molecular weight is 346 g/mol. The summed E-state index contributed by atoms with van der Waals surface area (Å²) in [6.07, 6.45) is 0. The van der Waals surface area contributed by atoms with Crippen molar-refractivity contribution in [2.75, 3.05) is 26.2 Å². The lowest BCUT2D eigenvalue weighted by molar-refractivity contribution is -0.0804. The fourth-order valence-corrected chi connectivity index (χ4v) is 4.29. The smallest absolute Gasteiger partial charge is 0.0234 e. The summed E-state index contributed by atoms with van der Waals surface area (Å²) >= 11 is 2.37. The van der Waals surface area contributed by atoms with Crippen LogP contribution in [0.3, 0.4) is 0 Å². The molecule has 16 heavy (non-hydrogen) atoms. The Morgan fingerprint density at radius 1 is 1.12 bits per heavy atom. The monoisotopic (exact) mass is 346 g/mol. The van der Waals surface area contributed by atoms with E-state index in [-0.39, 0.29) is 0 Å². The molecule has 2 heterocycles. The summed E-state index contributed by atoms with van der Waals surface area (Å²) in [7, 11) is 1.85. The van der Waals surface area contributed by atoms with E-state index in [1.165, 1.54) is 31.7 Å². The molecule has 0 atom stereocenters. The fraction of sp³-hybridized carbons (Fsp3) is 0.500. The maximum atomic E-state index is 2.56. The molecule has 0 unspecified atom stereocenters. The average Bonchev–Trinajstić information content (AvgIpc) is 2.21. The van der Waals surface area contributed by atoms with Crippen molar-refractivity contribution in [2.24, 2.45) is 5.41 Å². The van der Waals surface area contributed by atoms with Gasteiger partial charge in [0.2, 0.25) is 0 Å². The molecule has 1 spiro atoms. The first kappa shape index (κ1) is 11.3. The molecule has 0 radical (unpaired) electrons. The molecule has 86 valence electrons. The van der Waals surface area contributed by atoms with Gasteiger partial charge in [-0.15, -0.1) is 0 Å². The predicted molar refractivity (Wildman–Crippen MR) is 77.3 cm³/mol. The summed E-state index contributed by atoms with van der Waals surface area (Å²) in [6, 6.07) is 10.8. The molecule has 2 saturated heterocycles. The second-order valence-electron chi connectivity index (χ2n) is 5.00. The summed E-state index contributed by atoms with van der Waals surface area (Å²) in [6.45, 7) is 6.27. The van der Waals surface area contributed by atoms with Gasteiger partial charge in [0.1, 0.15) is 0 Å². The summed E-state index contributed by atoms with van der Waals surface area (Å²) in [4.78, 5) is 2.56. The molecule has 2 aliphatic heterocycles. The van der Waals surface area contributed by atoms with E-state index >= 15 is 0 Å². The summed E-state index contributed by atoms with van der Waals surface area (Å²) in [5.74, 6) is 0. The standard InChI is InChI=1S/C12H15IN2S/c13-16-15-9-12(10-15)7-14(8-12)6-11-4-2-1-3-5-11/h1-5H,6-10H2. The Hall–Kier alpha value is 0.220. The molecule has 1 aromatic carbocycles. The lowest BCUT2D eigenvalue weighted by atomic mass is 9.74. The Balaban J connectivity index is 1.48. The van der Waals surface area contributed by atoms with Crippen LogP contribution >= 0.6 is 30.3 Å². The first-order chi connectivity index (χ1) is 7.80. The van der Waals surface area contributed by atoms with Gasteiger partial charge in [0, 0.05) is 59.3 Å². The molecule has 0 saturated carbocycles. The predicted octanol–water partition coefficient (Wildman–Crippen LogP) is 2.80. The highest BCUT2D eigenvalue weighted by atomic mass is 127. The second kappa shape index (κ2) is 4.48. The van der Waals surface area contributed by atoms with Crippen molar-refractivity contribution in [3.63, 3.8) is 0 Å². The molecule has 0 aromatic heterocycles. The van der Waals surface area contributed by atoms with Crippen molar-refractivity contribution >= 4 is 30.3 Å². The molecule has 0 N–H and O–H groups in total. The van der Waals surface area contributed by atoms with E-state index in [2.05, 4.69) is 60.7 Å². The summed E-state index contributed by atoms with van der Waals surface area (Å²) in [5, 5.41) is 0. The normalized spacial score (nSPS) is 24.1. The van der Waals surface area contributed by atoms with Gasteiger partial charge in [0.25, 0.3) is 0 Å². The fourth-order valence-electron chi connectivity index (χ4n) is 2.81. The summed E-state index contributed by atoms with van der Waals surface area (Å²) < 4.78 is 2.44. The van der Waals surface area contributed by atoms with Crippen LogP contribution in [0.25, 0.3) is 0 Å². The van der Waals surface area contributed by atoms with E-state index in [0.717, 1.165) is 6.54 Å². The number of hydrogen-bond acceptors (Lipinski definition) is 3. The first-order valence-corrected chi connectivity index (χ1v) is 8.91. The number of likely N-dealkylation sites (tertiary alicyclic amines) is 1. The molecule has 4 heteroatoms. The van der Waals surface area contributed by atoms with Crippen molar-refractivity contribution in [3.8, 4) is 0 Å². The molecule has 3 rings (SSSR count). The largest absolute Gasteiger partial charge is 0.298 e. The minimum absolute atomic E-state index is 0.646. The van der Waals surface area contributed by atoms with Gasteiger partial charge >= 0.3 is 0 Å². The van der Waals surface area contributed by atoms with Crippen molar-refractivity contribution in [2.45, 2.75) is 6.54 Å². The molecule has 2 fully saturated rings. The molecule has 1 aromatic rings. The molecular weight excluding hydrogens is 331 g/mol. The zero-order valence-electron chi connectivity index (χ0n) is 9.10. The Kier molecular flexibility index (Phi) is 3.17. The zero-order chi connectivity index (χ0) is 11.0. The topological polar surface area (TPSA) is 6.48 Å². The Morgan fingerprint density at radius 3 is 2.44 bits per heavy atom. The third-order valence-corrected chi connectivity index (χ3v) is 5.61. The van der Waals surface area contributed by atoms with Crippen LogP contribution in [0, 0.1) is 5.41 Å². The second-order valence-corrected chi connectivity index (χ2v) is 6.83. The van der Waals surface area contributed by atoms with Crippen LogP contribution in [0.1, 0.15) is 5.56 Å². The Bertz CT molecular complexity index is 357. The van der Waals surface area contributed by atoms with Gasteiger partial charge in [0.15, 0.2) is 0 Å². The third-order valence-electron chi connectivity index (χ3n) is 3.49. The van der Waals surface area contributed by atoms with Crippen LogP contribution in [-0.4, -0.2) is 35.4 Å². The number of nitrogens with zero attached hydrogens (tertiary/aromatic N) is 2. The van der Waals surface area contributed by atoms with Crippen LogP contribution in [0.2, 0.25) is 0 Å². The van der Waals surface area contributed by atoms with Crippen molar-refractivity contribution in [1.29, 1.82) is 0 Å². The number of halogens is 1. The molecule has 0 bridgehead atoms. The van der Waals surface area contributed by atoms with Crippen molar-refractivity contribution < 1.29 is 0 Å². The van der Waals surface area contributed by atoms with Gasteiger partial charge in [-0.25, -0.2) is 4.31 Å².